The van der Waals surface area contributed by atoms with Gasteiger partial charge in [0.05, 0.1) is 13.2 Å². The fraction of sp³-hybridized carbons (Fsp3) is 0.462. The summed E-state index contributed by atoms with van der Waals surface area (Å²) < 4.78 is 17.1. The highest BCUT2D eigenvalue weighted by atomic mass is 16.5. The van der Waals surface area contributed by atoms with Crippen molar-refractivity contribution in [2.45, 2.75) is 82.5 Å². The van der Waals surface area contributed by atoms with Crippen LogP contribution in [0.1, 0.15) is 69.5 Å². The maximum absolute atomic E-state index is 11.5. The fourth-order valence-corrected chi connectivity index (χ4v) is 3.99. The SMILES string of the molecule is CC(=O)Oc1c(C)c(C)c(COCc2c(C)c(C)c(OC(C)=O)c(C)c2C)c(C)c1C. The second-order valence-corrected chi connectivity index (χ2v) is 8.30. The summed E-state index contributed by atoms with van der Waals surface area (Å²) in [7, 11) is 0. The molecule has 0 N–H and O–H groups in total. The standard InChI is InChI=1S/C26H34O5/c1-13-17(5)25(30-21(9)27)18(6)14(2)23(13)11-29-12-24-15(3)19(7)26(31-22(10)28)20(8)16(24)4/h11-12H2,1-10H3. The van der Waals surface area contributed by atoms with Gasteiger partial charge in [-0.25, -0.2) is 0 Å². The van der Waals surface area contributed by atoms with Gasteiger partial charge >= 0.3 is 11.9 Å². The zero-order chi connectivity index (χ0) is 23.6. The third-order valence-electron chi connectivity index (χ3n) is 6.41. The van der Waals surface area contributed by atoms with E-state index in [4.69, 9.17) is 14.2 Å². The van der Waals surface area contributed by atoms with Crippen LogP contribution in [0.2, 0.25) is 0 Å². The molecule has 31 heavy (non-hydrogen) atoms. The predicted molar refractivity (Wildman–Crippen MR) is 122 cm³/mol. The van der Waals surface area contributed by atoms with Crippen molar-refractivity contribution < 1.29 is 23.8 Å². The molecule has 0 aliphatic carbocycles. The first-order chi connectivity index (χ1) is 14.4. The van der Waals surface area contributed by atoms with Crippen LogP contribution in [-0.4, -0.2) is 11.9 Å². The zero-order valence-corrected chi connectivity index (χ0v) is 20.5. The van der Waals surface area contributed by atoms with E-state index in [1.54, 1.807) is 0 Å². The minimum absolute atomic E-state index is 0.317. The van der Waals surface area contributed by atoms with Crippen molar-refractivity contribution in [2.75, 3.05) is 0 Å². The lowest BCUT2D eigenvalue weighted by atomic mass is 9.92. The number of carbonyl (C=O) groups is 2. The molecule has 0 unspecified atom stereocenters. The summed E-state index contributed by atoms with van der Waals surface area (Å²) in [6, 6.07) is 0. The maximum Gasteiger partial charge on any atom is 0.308 e. The van der Waals surface area contributed by atoms with Crippen LogP contribution in [0.25, 0.3) is 0 Å². The van der Waals surface area contributed by atoms with Gasteiger partial charge in [0.25, 0.3) is 0 Å². The molecule has 0 radical (unpaired) electrons. The van der Waals surface area contributed by atoms with Gasteiger partial charge in [-0.2, -0.15) is 0 Å². The molecule has 0 aliphatic rings. The Bertz CT molecular complexity index is 905. The number of rotatable bonds is 6. The molecule has 2 aromatic rings. The molecular weight excluding hydrogens is 392 g/mol. The van der Waals surface area contributed by atoms with Gasteiger partial charge < -0.3 is 14.2 Å². The molecular formula is C26H34O5. The first-order valence-electron chi connectivity index (χ1n) is 10.5. The van der Waals surface area contributed by atoms with Crippen molar-refractivity contribution in [3.05, 3.63) is 55.6 Å². The first kappa shape index (κ1) is 24.6. The van der Waals surface area contributed by atoms with E-state index >= 15 is 0 Å². The van der Waals surface area contributed by atoms with Crippen LogP contribution in [-0.2, 0) is 27.5 Å². The Morgan fingerprint density at radius 2 is 0.774 bits per heavy atom. The number of hydrogen-bond donors (Lipinski definition) is 0. The van der Waals surface area contributed by atoms with E-state index in [-0.39, 0.29) is 11.9 Å². The maximum atomic E-state index is 11.5. The molecule has 5 nitrogen and oxygen atoms in total. The van der Waals surface area contributed by atoms with Crippen molar-refractivity contribution in [3.8, 4) is 11.5 Å². The van der Waals surface area contributed by atoms with Crippen LogP contribution >= 0.6 is 0 Å². The predicted octanol–water partition coefficient (Wildman–Crippen LogP) is 5.72. The van der Waals surface area contributed by atoms with Crippen LogP contribution in [0.4, 0.5) is 0 Å². The molecule has 0 saturated heterocycles. The minimum Gasteiger partial charge on any atom is -0.426 e. The van der Waals surface area contributed by atoms with Crippen molar-refractivity contribution in [1.82, 2.24) is 0 Å². The quantitative estimate of drug-likeness (QED) is 0.437. The van der Waals surface area contributed by atoms with Crippen molar-refractivity contribution in [3.63, 3.8) is 0 Å². The molecule has 0 fully saturated rings. The molecule has 5 heteroatoms. The summed E-state index contributed by atoms with van der Waals surface area (Å²) in [5, 5.41) is 0. The first-order valence-corrected chi connectivity index (χ1v) is 10.5. The Balaban J connectivity index is 2.32. The van der Waals surface area contributed by atoms with Gasteiger partial charge in [-0.3, -0.25) is 9.59 Å². The molecule has 0 spiro atoms. The zero-order valence-electron chi connectivity index (χ0n) is 20.5. The molecule has 0 saturated carbocycles. The molecule has 0 atom stereocenters. The van der Waals surface area contributed by atoms with E-state index < -0.39 is 0 Å². The summed E-state index contributed by atoms with van der Waals surface area (Å²) in [6.45, 7) is 19.8. The van der Waals surface area contributed by atoms with Gasteiger partial charge in [0.2, 0.25) is 0 Å². The summed E-state index contributed by atoms with van der Waals surface area (Å²) in [6.07, 6.45) is 0. The number of esters is 2. The molecule has 0 heterocycles. The van der Waals surface area contributed by atoms with E-state index in [2.05, 4.69) is 0 Å². The molecule has 2 rings (SSSR count). The second kappa shape index (κ2) is 9.65. The average Bonchev–Trinajstić information content (AvgIpc) is 2.70. The Hall–Kier alpha value is -2.66. The molecule has 168 valence electrons. The minimum atomic E-state index is -0.317. The lowest BCUT2D eigenvalue weighted by molar-refractivity contribution is -0.132. The number of hydrogen-bond acceptors (Lipinski definition) is 5. The number of carbonyl (C=O) groups excluding carboxylic acids is 2. The van der Waals surface area contributed by atoms with Gasteiger partial charge in [0, 0.05) is 13.8 Å². The van der Waals surface area contributed by atoms with Gasteiger partial charge in [0.1, 0.15) is 11.5 Å². The summed E-state index contributed by atoms with van der Waals surface area (Å²) >= 11 is 0. The van der Waals surface area contributed by atoms with Gasteiger partial charge in [-0.05, 0) is 111 Å². The third kappa shape index (κ3) is 4.99. The molecule has 2 aromatic carbocycles. The summed E-state index contributed by atoms with van der Waals surface area (Å²) in [5.74, 6) is 0.654. The van der Waals surface area contributed by atoms with Gasteiger partial charge in [-0.1, -0.05) is 0 Å². The molecule has 0 amide bonds. The highest BCUT2D eigenvalue weighted by molar-refractivity contribution is 5.72. The largest absolute Gasteiger partial charge is 0.426 e. The third-order valence-corrected chi connectivity index (χ3v) is 6.41. The van der Waals surface area contributed by atoms with Crippen LogP contribution in [0.3, 0.4) is 0 Å². The van der Waals surface area contributed by atoms with Crippen LogP contribution < -0.4 is 9.47 Å². The highest BCUT2D eigenvalue weighted by Gasteiger charge is 2.19. The fourth-order valence-electron chi connectivity index (χ4n) is 3.99. The van der Waals surface area contributed by atoms with Crippen LogP contribution in [0.15, 0.2) is 0 Å². The Morgan fingerprint density at radius 1 is 0.516 bits per heavy atom. The summed E-state index contributed by atoms with van der Waals surface area (Å²) in [5.41, 5.74) is 10.4. The Morgan fingerprint density at radius 3 is 1.00 bits per heavy atom. The van der Waals surface area contributed by atoms with E-state index in [0.29, 0.717) is 24.7 Å². The van der Waals surface area contributed by atoms with E-state index in [9.17, 15) is 9.59 Å². The monoisotopic (exact) mass is 426 g/mol. The lowest BCUT2D eigenvalue weighted by Gasteiger charge is -2.22. The Kier molecular flexibility index (Phi) is 7.66. The summed E-state index contributed by atoms with van der Waals surface area (Å²) in [4.78, 5) is 23.0. The van der Waals surface area contributed by atoms with Gasteiger partial charge in [-0.15, -0.1) is 0 Å². The highest BCUT2D eigenvalue weighted by Crippen LogP contribution is 2.35. The van der Waals surface area contributed by atoms with Crippen molar-refractivity contribution in [1.29, 1.82) is 0 Å². The number of ether oxygens (including phenoxy) is 3. The normalized spacial score (nSPS) is 10.9. The van der Waals surface area contributed by atoms with Crippen molar-refractivity contribution in [2.24, 2.45) is 0 Å². The van der Waals surface area contributed by atoms with Gasteiger partial charge in [0.15, 0.2) is 0 Å². The smallest absolute Gasteiger partial charge is 0.308 e. The average molecular weight is 427 g/mol. The second-order valence-electron chi connectivity index (χ2n) is 8.30. The van der Waals surface area contributed by atoms with E-state index in [1.807, 2.05) is 55.4 Å². The molecule has 0 bridgehead atoms. The molecule has 0 aromatic heterocycles. The lowest BCUT2D eigenvalue weighted by Crippen LogP contribution is -2.11. The van der Waals surface area contributed by atoms with Crippen LogP contribution in [0, 0.1) is 55.4 Å². The topological polar surface area (TPSA) is 61.8 Å². The van der Waals surface area contributed by atoms with E-state index in [0.717, 1.165) is 55.6 Å². The number of benzene rings is 2. The van der Waals surface area contributed by atoms with Crippen molar-refractivity contribution >= 4 is 11.9 Å². The molecule has 0 aliphatic heterocycles. The Labute approximate surface area is 185 Å². The van der Waals surface area contributed by atoms with Crippen LogP contribution in [0.5, 0.6) is 11.5 Å². The van der Waals surface area contributed by atoms with E-state index in [1.165, 1.54) is 13.8 Å².